The largest absolute Gasteiger partial charge is 0.445 e. The zero-order chi connectivity index (χ0) is 29.6. The third kappa shape index (κ3) is 24.6. The van der Waals surface area contributed by atoms with Gasteiger partial charge in [-0.15, -0.1) is 0 Å². The summed E-state index contributed by atoms with van der Waals surface area (Å²) in [4.78, 5) is 35.8. The predicted octanol–water partition coefficient (Wildman–Crippen LogP) is 3.90. The van der Waals surface area contributed by atoms with Crippen molar-refractivity contribution in [1.82, 2.24) is 20.9 Å². The van der Waals surface area contributed by atoms with Gasteiger partial charge < -0.3 is 40.2 Å². The molecule has 0 saturated heterocycles. The minimum atomic E-state index is -0.512. The molecular weight excluding hydrogens is 492 g/mol. The number of hydrogen-bond donors (Lipinski definition) is 4. The monoisotopic (exact) mass is 542 g/mol. The Balaban J connectivity index is 0. The van der Waals surface area contributed by atoms with Crippen LogP contribution in [0.25, 0.3) is 0 Å². The third-order valence-electron chi connectivity index (χ3n) is 4.13. The molecule has 11 heteroatoms. The lowest BCUT2D eigenvalue weighted by molar-refractivity contribution is 0.0514. The van der Waals surface area contributed by atoms with Crippen molar-refractivity contribution in [3.63, 3.8) is 0 Å². The summed E-state index contributed by atoms with van der Waals surface area (Å²) < 4.78 is 15.4. The van der Waals surface area contributed by atoms with Gasteiger partial charge in [-0.25, -0.2) is 14.4 Å². The molecule has 1 rings (SSSR count). The zero-order valence-electron chi connectivity index (χ0n) is 24.7. The van der Waals surface area contributed by atoms with Gasteiger partial charge in [0, 0.05) is 33.8 Å². The molecular formula is C27H50N4O7. The number of nitrogens with zero attached hydrogens (tertiary/aromatic N) is 1. The van der Waals surface area contributed by atoms with Gasteiger partial charge in [0.25, 0.3) is 0 Å². The summed E-state index contributed by atoms with van der Waals surface area (Å²) in [5.74, 6) is 0. The molecule has 0 spiro atoms. The summed E-state index contributed by atoms with van der Waals surface area (Å²) in [6, 6.07) is 9.51. The number of aliphatic hydroxyl groups excluding tert-OH is 1. The van der Waals surface area contributed by atoms with Gasteiger partial charge in [-0.1, -0.05) is 30.3 Å². The normalized spacial score (nSPS) is 10.5. The first-order chi connectivity index (χ1) is 17.7. The highest BCUT2D eigenvalue weighted by Gasteiger charge is 2.16. The van der Waals surface area contributed by atoms with Gasteiger partial charge in [0.05, 0.1) is 0 Å². The Morgan fingerprint density at radius 2 is 1.29 bits per heavy atom. The Hall–Kier alpha value is -3.05. The maximum atomic E-state index is 11.8. The number of benzene rings is 1. The van der Waals surface area contributed by atoms with Gasteiger partial charge in [-0.3, -0.25) is 0 Å². The van der Waals surface area contributed by atoms with Crippen molar-refractivity contribution in [2.24, 2.45) is 0 Å². The first kappa shape index (κ1) is 37.1. The van der Waals surface area contributed by atoms with E-state index in [0.717, 1.165) is 25.6 Å². The van der Waals surface area contributed by atoms with Crippen molar-refractivity contribution < 1.29 is 33.7 Å². The summed E-state index contributed by atoms with van der Waals surface area (Å²) >= 11 is 0. The first-order valence-corrected chi connectivity index (χ1v) is 12.7. The van der Waals surface area contributed by atoms with Crippen LogP contribution in [0.5, 0.6) is 0 Å². The van der Waals surface area contributed by atoms with Gasteiger partial charge in [0.2, 0.25) is 0 Å². The number of aliphatic hydroxyl groups is 1. The van der Waals surface area contributed by atoms with E-state index in [4.69, 9.17) is 19.3 Å². The molecule has 4 N–H and O–H groups in total. The topological polar surface area (TPSA) is 138 Å². The third-order valence-corrected chi connectivity index (χ3v) is 4.13. The molecule has 0 bridgehead atoms. The highest BCUT2D eigenvalue weighted by Crippen LogP contribution is 2.07. The highest BCUT2D eigenvalue weighted by atomic mass is 16.6. The smallest absolute Gasteiger partial charge is 0.409 e. The molecule has 0 saturated carbocycles. The van der Waals surface area contributed by atoms with Crippen molar-refractivity contribution >= 4 is 18.3 Å². The minimum Gasteiger partial charge on any atom is -0.445 e. The minimum absolute atomic E-state index is 0.250. The molecule has 220 valence electrons. The number of ether oxygens (including phenoxy) is 3. The molecule has 11 nitrogen and oxygen atoms in total. The number of nitrogens with one attached hydrogen (secondary N) is 3. The van der Waals surface area contributed by atoms with Crippen LogP contribution in [0.15, 0.2) is 30.3 Å². The summed E-state index contributed by atoms with van der Waals surface area (Å²) in [6.07, 6.45) is 0.355. The van der Waals surface area contributed by atoms with Crippen LogP contribution >= 0.6 is 0 Å². The zero-order valence-corrected chi connectivity index (χ0v) is 24.7. The van der Waals surface area contributed by atoms with Crippen LogP contribution in [-0.2, 0) is 20.8 Å². The number of carbonyl (C=O) groups is 3. The maximum absolute atomic E-state index is 11.8. The summed E-state index contributed by atoms with van der Waals surface area (Å²) in [5.41, 5.74) is 0.0238. The molecule has 0 unspecified atom stereocenters. The first-order valence-electron chi connectivity index (χ1n) is 12.7. The van der Waals surface area contributed by atoms with Crippen molar-refractivity contribution in [2.75, 3.05) is 47.4 Å². The van der Waals surface area contributed by atoms with Crippen LogP contribution in [0.3, 0.4) is 0 Å². The standard InChI is InChI=1S/C17H26N2O4.C9H20N2O2.CH4O/c1-17(2,3)23-15(20)18-11-8-12-19(4)16(21)22-13-14-9-6-5-7-10-14;1-9(2,3)13-8(12)11-7-5-6-10-4;1-2/h5-7,9-10H,8,11-13H2,1-4H3,(H,18,20);10H,5-7H2,1-4H3,(H,11,12);2H,1H3. The van der Waals surface area contributed by atoms with E-state index in [1.165, 1.54) is 4.90 Å². The molecule has 3 amide bonds. The highest BCUT2D eigenvalue weighted by molar-refractivity contribution is 5.68. The van der Waals surface area contributed by atoms with Gasteiger partial charge in [-0.05, 0) is 73.5 Å². The average Bonchev–Trinajstić information content (AvgIpc) is 2.83. The van der Waals surface area contributed by atoms with Crippen molar-refractivity contribution in [1.29, 1.82) is 0 Å². The van der Waals surface area contributed by atoms with E-state index in [2.05, 4.69) is 16.0 Å². The van der Waals surface area contributed by atoms with E-state index >= 15 is 0 Å². The van der Waals surface area contributed by atoms with E-state index in [1.807, 2.05) is 78.9 Å². The molecule has 0 atom stereocenters. The average molecular weight is 543 g/mol. The molecule has 0 heterocycles. The predicted molar refractivity (Wildman–Crippen MR) is 149 cm³/mol. The Kier molecular flexibility index (Phi) is 20.5. The number of alkyl carbamates (subject to hydrolysis) is 2. The van der Waals surface area contributed by atoms with E-state index in [-0.39, 0.29) is 18.8 Å². The van der Waals surface area contributed by atoms with E-state index in [9.17, 15) is 14.4 Å². The van der Waals surface area contributed by atoms with Crippen molar-refractivity contribution in [3.8, 4) is 0 Å². The van der Waals surface area contributed by atoms with Crippen LogP contribution in [0.4, 0.5) is 14.4 Å². The van der Waals surface area contributed by atoms with Gasteiger partial charge >= 0.3 is 18.3 Å². The lowest BCUT2D eigenvalue weighted by atomic mass is 10.2. The van der Waals surface area contributed by atoms with E-state index in [0.29, 0.717) is 26.1 Å². The number of carbonyl (C=O) groups excluding carboxylic acids is 3. The number of rotatable bonds is 10. The van der Waals surface area contributed by atoms with Crippen LogP contribution in [-0.4, -0.2) is 86.9 Å². The summed E-state index contributed by atoms with van der Waals surface area (Å²) in [5, 5.41) is 15.3. The fourth-order valence-corrected chi connectivity index (χ4v) is 2.51. The van der Waals surface area contributed by atoms with Gasteiger partial charge in [-0.2, -0.15) is 0 Å². The van der Waals surface area contributed by atoms with Gasteiger partial charge in [0.15, 0.2) is 0 Å². The molecule has 38 heavy (non-hydrogen) atoms. The maximum Gasteiger partial charge on any atom is 0.409 e. The molecule has 0 radical (unpaired) electrons. The van der Waals surface area contributed by atoms with Crippen molar-refractivity contribution in [2.45, 2.75) is 72.2 Å². The van der Waals surface area contributed by atoms with Gasteiger partial charge in [0.1, 0.15) is 17.8 Å². The fourth-order valence-electron chi connectivity index (χ4n) is 2.51. The van der Waals surface area contributed by atoms with E-state index in [1.54, 1.807) is 7.05 Å². The summed E-state index contributed by atoms with van der Waals surface area (Å²) in [7, 11) is 4.55. The number of hydrogen-bond acceptors (Lipinski definition) is 8. The Labute approximate surface area is 228 Å². The molecule has 0 aliphatic carbocycles. The van der Waals surface area contributed by atoms with Crippen molar-refractivity contribution in [3.05, 3.63) is 35.9 Å². The quantitative estimate of drug-likeness (QED) is 0.258. The lowest BCUT2D eigenvalue weighted by Crippen LogP contribution is -2.35. The second kappa shape index (κ2) is 20.9. The molecule has 0 aromatic heterocycles. The Morgan fingerprint density at radius 3 is 1.74 bits per heavy atom. The SMILES string of the molecule is CN(CCCNC(=O)OC(C)(C)C)C(=O)OCc1ccccc1.CNCCCNC(=O)OC(C)(C)C.CO. The molecule has 0 aliphatic rings. The van der Waals surface area contributed by atoms with E-state index < -0.39 is 17.3 Å². The molecule has 1 aromatic rings. The van der Waals surface area contributed by atoms with Crippen LogP contribution in [0.2, 0.25) is 0 Å². The molecule has 1 aromatic carbocycles. The fraction of sp³-hybridized carbons (Fsp3) is 0.667. The second-order valence-electron chi connectivity index (χ2n) is 10.1. The number of amides is 3. The van der Waals surface area contributed by atoms with Crippen LogP contribution < -0.4 is 16.0 Å². The van der Waals surface area contributed by atoms with Crippen LogP contribution in [0.1, 0.15) is 59.9 Å². The Bertz CT molecular complexity index is 763. The van der Waals surface area contributed by atoms with Crippen LogP contribution in [0, 0.1) is 0 Å². The molecule has 0 aliphatic heterocycles. The molecule has 0 fully saturated rings. The second-order valence-corrected chi connectivity index (χ2v) is 10.1. The summed E-state index contributed by atoms with van der Waals surface area (Å²) in [6.45, 7) is 13.7. The Morgan fingerprint density at radius 1 is 0.816 bits per heavy atom. The lowest BCUT2D eigenvalue weighted by Gasteiger charge is -2.20.